The molecule has 0 aliphatic heterocycles. The molecule has 0 aliphatic carbocycles. The molecule has 5 heteroatoms. The third-order valence-electron chi connectivity index (χ3n) is 1.10. The molecule has 0 fully saturated rings. The monoisotopic (exact) mass is 312 g/mol. The van der Waals surface area contributed by atoms with Crippen LogP contribution in [0.5, 0.6) is 0 Å². The van der Waals surface area contributed by atoms with E-state index in [1.807, 2.05) is 24.3 Å². The van der Waals surface area contributed by atoms with E-state index in [-0.39, 0.29) is 6.15 Å². The minimum atomic E-state index is 0. The average Bonchev–Trinajstić information content (AvgIpc) is 1.93. The molecule has 0 saturated heterocycles. The van der Waals surface area contributed by atoms with E-state index >= 15 is 0 Å². The lowest BCUT2D eigenvalue weighted by atomic mass is 10.3. The van der Waals surface area contributed by atoms with Crippen LogP contribution in [0.3, 0.4) is 0 Å². The number of thiocarbonyl (C=S) groups is 1. The van der Waals surface area contributed by atoms with Crippen molar-refractivity contribution >= 4 is 57.4 Å². The maximum absolute atomic E-state index is 4.76. The number of halogens is 1. The van der Waals surface area contributed by atoms with Gasteiger partial charge in [0.05, 0.1) is 0 Å². The topological polar surface area (TPSA) is 47.0 Å². The van der Waals surface area contributed by atoms with Gasteiger partial charge < -0.3 is 11.5 Å². The van der Waals surface area contributed by atoms with Crippen LogP contribution in [0.1, 0.15) is 0 Å². The first-order valence-electron chi connectivity index (χ1n) is 2.94. The first-order valence-corrected chi connectivity index (χ1v) is 4.87. The van der Waals surface area contributed by atoms with Gasteiger partial charge in [0, 0.05) is 9.26 Å². The lowest BCUT2D eigenvalue weighted by Crippen LogP contribution is -1.99. The van der Waals surface area contributed by atoms with Gasteiger partial charge in [-0.2, -0.15) is 0 Å². The van der Waals surface area contributed by atoms with Crippen LogP contribution in [-0.4, -0.2) is 4.32 Å². The van der Waals surface area contributed by atoms with Crippen LogP contribution in [0.15, 0.2) is 24.3 Å². The van der Waals surface area contributed by atoms with E-state index in [1.165, 1.54) is 3.57 Å². The van der Waals surface area contributed by atoms with Crippen molar-refractivity contribution < 1.29 is 0 Å². The van der Waals surface area contributed by atoms with Gasteiger partial charge in [0.15, 0.2) is 0 Å². The van der Waals surface area contributed by atoms with Gasteiger partial charge in [0.25, 0.3) is 0 Å². The van der Waals surface area contributed by atoms with E-state index in [1.54, 1.807) is 0 Å². The average molecular weight is 312 g/mol. The summed E-state index contributed by atoms with van der Waals surface area (Å²) in [5.41, 5.74) is 0.977. The second kappa shape index (κ2) is 5.74. The Bertz CT molecular complexity index is 261. The summed E-state index contributed by atoms with van der Waals surface area (Å²) in [6.45, 7) is 0. The van der Waals surface area contributed by atoms with Crippen LogP contribution >= 0.6 is 47.4 Å². The molecular weight excluding hydrogens is 303 g/mol. The van der Waals surface area contributed by atoms with Gasteiger partial charge in [-0.1, -0.05) is 12.2 Å². The molecule has 0 amide bonds. The number of nitrogens with one attached hydrogen (secondary N) is 1. The first kappa shape index (κ1) is 12.2. The molecule has 0 atom stereocenters. The maximum Gasteiger partial charge on any atom is 0.135 e. The predicted molar refractivity (Wildman–Crippen MR) is 69.4 cm³/mol. The molecule has 0 bridgehead atoms. The van der Waals surface area contributed by atoms with Gasteiger partial charge in [-0.15, -0.1) is 12.6 Å². The number of hydrogen-bond acceptors (Lipinski definition) is 2. The summed E-state index contributed by atoms with van der Waals surface area (Å²) >= 11 is 11.0. The number of hydrogen-bond donors (Lipinski definition) is 3. The minimum absolute atomic E-state index is 0. The zero-order chi connectivity index (χ0) is 8.27. The highest BCUT2D eigenvalue weighted by atomic mass is 127. The fourth-order valence-corrected chi connectivity index (χ4v) is 1.26. The van der Waals surface area contributed by atoms with Crippen LogP contribution in [0.2, 0.25) is 0 Å². The van der Waals surface area contributed by atoms with Gasteiger partial charge in [0.1, 0.15) is 4.32 Å². The van der Waals surface area contributed by atoms with E-state index in [4.69, 9.17) is 12.2 Å². The normalized spacial score (nSPS) is 8.50. The molecule has 0 aromatic heterocycles. The summed E-state index contributed by atoms with van der Waals surface area (Å²) in [6.07, 6.45) is 0. The van der Waals surface area contributed by atoms with Crippen molar-refractivity contribution in [3.05, 3.63) is 27.8 Å². The Kier molecular flexibility index (Phi) is 5.81. The van der Waals surface area contributed by atoms with Crippen molar-refractivity contribution in [2.24, 2.45) is 0 Å². The summed E-state index contributed by atoms with van der Waals surface area (Å²) in [7, 11) is 0. The van der Waals surface area contributed by atoms with Crippen LogP contribution in [-0.2, 0) is 0 Å². The molecule has 0 radical (unpaired) electrons. The predicted octanol–water partition coefficient (Wildman–Crippen LogP) is 3.08. The number of benzene rings is 1. The molecular formula is C7H9IN2S2. The van der Waals surface area contributed by atoms with Crippen LogP contribution in [0, 0.1) is 3.57 Å². The highest BCUT2D eigenvalue weighted by Gasteiger charge is 1.91. The summed E-state index contributed by atoms with van der Waals surface area (Å²) in [6, 6.07) is 7.94. The van der Waals surface area contributed by atoms with E-state index in [0.717, 1.165) is 5.69 Å². The molecule has 1 aromatic rings. The molecule has 0 saturated carbocycles. The molecule has 2 nitrogen and oxygen atoms in total. The lowest BCUT2D eigenvalue weighted by Gasteiger charge is -2.01. The molecule has 0 spiro atoms. The molecule has 1 rings (SSSR count). The number of anilines is 1. The van der Waals surface area contributed by atoms with Crippen LogP contribution in [0.4, 0.5) is 5.69 Å². The van der Waals surface area contributed by atoms with Crippen molar-refractivity contribution in [3.8, 4) is 0 Å². The van der Waals surface area contributed by atoms with E-state index in [9.17, 15) is 0 Å². The van der Waals surface area contributed by atoms with Gasteiger partial charge in [-0.3, -0.25) is 0 Å². The van der Waals surface area contributed by atoms with Crippen molar-refractivity contribution in [1.29, 1.82) is 0 Å². The van der Waals surface area contributed by atoms with Crippen LogP contribution < -0.4 is 11.5 Å². The third-order valence-corrected chi connectivity index (χ3v) is 2.03. The Morgan fingerprint density at radius 3 is 2.25 bits per heavy atom. The zero-order valence-corrected chi connectivity index (χ0v) is 10.1. The Morgan fingerprint density at radius 2 is 1.83 bits per heavy atom. The lowest BCUT2D eigenvalue weighted by molar-refractivity contribution is 1.62. The van der Waals surface area contributed by atoms with E-state index in [2.05, 4.69) is 40.5 Å². The SMILES string of the molecule is N.S=C(S)Nc1ccc(I)cc1. The Hall–Kier alpha value is 0.150. The molecule has 4 N–H and O–H groups in total. The van der Waals surface area contributed by atoms with E-state index in [0.29, 0.717) is 4.32 Å². The molecule has 0 heterocycles. The molecule has 12 heavy (non-hydrogen) atoms. The quantitative estimate of drug-likeness (QED) is 0.424. The summed E-state index contributed by atoms with van der Waals surface area (Å²) in [5.74, 6) is 0. The fraction of sp³-hybridized carbons (Fsp3) is 0. The van der Waals surface area contributed by atoms with E-state index < -0.39 is 0 Å². The highest BCUT2D eigenvalue weighted by molar-refractivity contribution is 14.1. The second-order valence-electron chi connectivity index (χ2n) is 1.94. The zero-order valence-electron chi connectivity index (χ0n) is 6.25. The van der Waals surface area contributed by atoms with Crippen molar-refractivity contribution in [2.45, 2.75) is 0 Å². The first-order chi connectivity index (χ1) is 5.18. The second-order valence-corrected chi connectivity index (χ2v) is 4.34. The van der Waals surface area contributed by atoms with Gasteiger partial charge in [-0.05, 0) is 46.9 Å². The Balaban J connectivity index is 0.00000121. The molecule has 0 unspecified atom stereocenters. The van der Waals surface area contributed by atoms with Gasteiger partial charge in [-0.25, -0.2) is 0 Å². The summed E-state index contributed by atoms with van der Waals surface area (Å²) in [5, 5.41) is 2.92. The van der Waals surface area contributed by atoms with Gasteiger partial charge >= 0.3 is 0 Å². The third kappa shape index (κ3) is 4.24. The van der Waals surface area contributed by atoms with Crippen molar-refractivity contribution in [1.82, 2.24) is 6.15 Å². The Labute approximate surface area is 96.3 Å². The smallest absolute Gasteiger partial charge is 0.135 e. The molecule has 1 aromatic carbocycles. The summed E-state index contributed by atoms with van der Waals surface area (Å²) < 4.78 is 1.70. The largest absolute Gasteiger partial charge is 0.344 e. The molecule has 66 valence electrons. The highest BCUT2D eigenvalue weighted by Crippen LogP contribution is 2.11. The van der Waals surface area contributed by atoms with Crippen molar-refractivity contribution in [2.75, 3.05) is 5.32 Å². The maximum atomic E-state index is 4.76. The van der Waals surface area contributed by atoms with Crippen molar-refractivity contribution in [3.63, 3.8) is 0 Å². The fourth-order valence-electron chi connectivity index (χ4n) is 0.657. The molecule has 0 aliphatic rings. The standard InChI is InChI=1S/C7H6INS2.H3N/c8-5-1-3-6(4-2-5)9-7(10)11;/h1-4H,(H2,9,10,11);1H3. The Morgan fingerprint density at radius 1 is 1.33 bits per heavy atom. The number of rotatable bonds is 1. The number of thiol groups is 1. The summed E-state index contributed by atoms with van der Waals surface area (Å²) in [4.78, 5) is 0. The van der Waals surface area contributed by atoms with Gasteiger partial charge in [0.2, 0.25) is 0 Å². The minimum Gasteiger partial charge on any atom is -0.344 e. The van der Waals surface area contributed by atoms with Crippen LogP contribution in [0.25, 0.3) is 0 Å².